The Morgan fingerprint density at radius 2 is 2.14 bits per heavy atom. The van der Waals surface area contributed by atoms with Gasteiger partial charge in [0.05, 0.1) is 6.61 Å². The minimum atomic E-state index is -0.998. The fraction of sp³-hybridized carbons (Fsp3) is 1.00. The molecule has 0 aliphatic heterocycles. The molecule has 2 atom stereocenters. The van der Waals surface area contributed by atoms with E-state index in [2.05, 4.69) is 0 Å². The SMILES string of the molecule is NC(Cl)C(O)CO. The summed E-state index contributed by atoms with van der Waals surface area (Å²) in [4.78, 5) is 0. The molecule has 0 aromatic carbocycles. The van der Waals surface area contributed by atoms with Crippen LogP contribution in [-0.2, 0) is 0 Å². The molecule has 0 bridgehead atoms. The largest absolute Gasteiger partial charge is 0.394 e. The van der Waals surface area contributed by atoms with Gasteiger partial charge in [-0.2, -0.15) is 0 Å². The number of rotatable bonds is 2. The lowest BCUT2D eigenvalue weighted by Gasteiger charge is -2.06. The van der Waals surface area contributed by atoms with Crippen molar-refractivity contribution in [3.8, 4) is 0 Å². The van der Waals surface area contributed by atoms with Crippen LogP contribution < -0.4 is 5.73 Å². The summed E-state index contributed by atoms with van der Waals surface area (Å²) in [5.41, 5.74) is 4.05. The van der Waals surface area contributed by atoms with Crippen molar-refractivity contribution < 1.29 is 10.2 Å². The summed E-state index contributed by atoms with van der Waals surface area (Å²) in [5, 5.41) is 16.5. The molecule has 0 rings (SSSR count). The maximum atomic E-state index is 8.43. The van der Waals surface area contributed by atoms with E-state index in [1.165, 1.54) is 0 Å². The van der Waals surface area contributed by atoms with Crippen LogP contribution in [0.1, 0.15) is 0 Å². The molecule has 4 N–H and O–H groups in total. The molecule has 0 aliphatic rings. The summed E-state index contributed by atoms with van der Waals surface area (Å²) in [6, 6.07) is 0. The van der Waals surface area contributed by atoms with Gasteiger partial charge in [-0.25, -0.2) is 0 Å². The van der Waals surface area contributed by atoms with E-state index in [0.717, 1.165) is 0 Å². The summed E-state index contributed by atoms with van der Waals surface area (Å²) in [6.07, 6.45) is -0.998. The number of aliphatic hydroxyl groups excluding tert-OH is 2. The lowest BCUT2D eigenvalue weighted by atomic mass is 10.4. The molecule has 0 aromatic heterocycles. The van der Waals surface area contributed by atoms with Gasteiger partial charge in [0.2, 0.25) is 0 Å². The van der Waals surface area contributed by atoms with Crippen LogP contribution in [0.5, 0.6) is 0 Å². The Bertz CT molecular complexity index is 50.2. The zero-order valence-corrected chi connectivity index (χ0v) is 4.47. The third-order valence-corrected chi connectivity index (χ3v) is 0.846. The molecule has 7 heavy (non-hydrogen) atoms. The van der Waals surface area contributed by atoms with Crippen LogP contribution in [0.2, 0.25) is 0 Å². The molecule has 0 saturated carbocycles. The Kier molecular flexibility index (Phi) is 3.29. The number of hydrogen-bond acceptors (Lipinski definition) is 3. The highest BCUT2D eigenvalue weighted by Gasteiger charge is 2.07. The number of aliphatic hydroxyl groups is 2. The molecule has 0 aliphatic carbocycles. The van der Waals surface area contributed by atoms with Crippen molar-refractivity contribution in [1.82, 2.24) is 0 Å². The summed E-state index contributed by atoms with van der Waals surface area (Å²) in [7, 11) is 0. The first-order valence-electron chi connectivity index (χ1n) is 1.87. The van der Waals surface area contributed by atoms with Crippen molar-refractivity contribution in [3.05, 3.63) is 0 Å². The van der Waals surface area contributed by atoms with E-state index in [1.54, 1.807) is 0 Å². The number of alkyl halides is 1. The molecule has 0 spiro atoms. The van der Waals surface area contributed by atoms with E-state index in [1.807, 2.05) is 0 Å². The minimum Gasteiger partial charge on any atom is -0.394 e. The van der Waals surface area contributed by atoms with Crippen molar-refractivity contribution >= 4 is 11.6 Å². The van der Waals surface area contributed by atoms with Gasteiger partial charge in [-0.1, -0.05) is 0 Å². The molecule has 0 radical (unpaired) electrons. The van der Waals surface area contributed by atoms with E-state index in [-0.39, 0.29) is 6.61 Å². The third-order valence-electron chi connectivity index (χ3n) is 0.555. The number of hydrogen-bond donors (Lipinski definition) is 3. The molecule has 44 valence electrons. The Labute approximate surface area is 46.7 Å². The first kappa shape index (κ1) is 7.17. The quantitative estimate of drug-likeness (QED) is 0.323. The fourth-order valence-corrected chi connectivity index (χ4v) is 0.180. The van der Waals surface area contributed by atoms with Crippen molar-refractivity contribution in [2.24, 2.45) is 5.73 Å². The second-order valence-corrected chi connectivity index (χ2v) is 1.70. The maximum absolute atomic E-state index is 8.43. The third kappa shape index (κ3) is 2.82. The molecular weight excluding hydrogens is 117 g/mol. The Balaban J connectivity index is 3.14. The standard InChI is InChI=1S/C3H8ClNO2/c4-3(5)2(7)1-6/h2-3,6-7H,1,5H2. The lowest BCUT2D eigenvalue weighted by molar-refractivity contribution is 0.0927. The van der Waals surface area contributed by atoms with Crippen molar-refractivity contribution in [2.75, 3.05) is 6.61 Å². The van der Waals surface area contributed by atoms with E-state index in [9.17, 15) is 0 Å². The van der Waals surface area contributed by atoms with Crippen LogP contribution in [0.25, 0.3) is 0 Å². The lowest BCUT2D eigenvalue weighted by Crippen LogP contribution is -2.31. The Morgan fingerprint density at radius 3 is 2.14 bits per heavy atom. The summed E-state index contributed by atoms with van der Waals surface area (Å²) in [6.45, 7) is -0.384. The summed E-state index contributed by atoms with van der Waals surface area (Å²) >= 11 is 5.10. The maximum Gasteiger partial charge on any atom is 0.109 e. The molecular formula is C3H8ClNO2. The molecule has 0 heterocycles. The smallest absolute Gasteiger partial charge is 0.109 e. The van der Waals surface area contributed by atoms with Crippen molar-refractivity contribution in [2.45, 2.75) is 11.6 Å². The van der Waals surface area contributed by atoms with Crippen LogP contribution in [0.3, 0.4) is 0 Å². The van der Waals surface area contributed by atoms with Crippen LogP contribution in [0, 0.1) is 0 Å². The predicted molar refractivity (Wildman–Crippen MR) is 26.9 cm³/mol. The highest BCUT2D eigenvalue weighted by molar-refractivity contribution is 6.20. The Morgan fingerprint density at radius 1 is 1.71 bits per heavy atom. The second-order valence-electron chi connectivity index (χ2n) is 1.19. The Hall–Kier alpha value is 0.170. The van der Waals surface area contributed by atoms with E-state index in [4.69, 9.17) is 27.5 Å². The van der Waals surface area contributed by atoms with Gasteiger partial charge in [0.15, 0.2) is 0 Å². The van der Waals surface area contributed by atoms with Crippen LogP contribution >= 0.6 is 11.6 Å². The van der Waals surface area contributed by atoms with Gasteiger partial charge in [0.1, 0.15) is 11.6 Å². The van der Waals surface area contributed by atoms with Crippen LogP contribution in [0.15, 0.2) is 0 Å². The van der Waals surface area contributed by atoms with Gasteiger partial charge in [-0.05, 0) is 0 Å². The molecule has 0 amide bonds. The van der Waals surface area contributed by atoms with E-state index in [0.29, 0.717) is 0 Å². The van der Waals surface area contributed by atoms with Crippen molar-refractivity contribution in [1.29, 1.82) is 0 Å². The topological polar surface area (TPSA) is 66.5 Å². The van der Waals surface area contributed by atoms with Gasteiger partial charge in [0, 0.05) is 0 Å². The zero-order valence-electron chi connectivity index (χ0n) is 3.71. The van der Waals surface area contributed by atoms with Gasteiger partial charge < -0.3 is 15.9 Å². The minimum absolute atomic E-state index is 0.384. The molecule has 3 nitrogen and oxygen atoms in total. The van der Waals surface area contributed by atoms with Crippen molar-refractivity contribution in [3.63, 3.8) is 0 Å². The highest BCUT2D eigenvalue weighted by atomic mass is 35.5. The first-order chi connectivity index (χ1) is 3.18. The second kappa shape index (κ2) is 3.21. The summed E-state index contributed by atoms with van der Waals surface area (Å²) < 4.78 is 0. The zero-order chi connectivity index (χ0) is 5.86. The fourth-order valence-electron chi connectivity index (χ4n) is 0.101. The van der Waals surface area contributed by atoms with Crippen LogP contribution in [-0.4, -0.2) is 28.4 Å². The highest BCUT2D eigenvalue weighted by Crippen LogP contribution is 1.91. The molecule has 0 saturated heterocycles. The number of halogens is 1. The molecule has 0 fully saturated rings. The molecule has 2 unspecified atom stereocenters. The van der Waals surface area contributed by atoms with E-state index < -0.39 is 11.6 Å². The monoisotopic (exact) mass is 125 g/mol. The average molecular weight is 126 g/mol. The predicted octanol–water partition coefficient (Wildman–Crippen LogP) is -1.14. The molecule has 0 aromatic rings. The average Bonchev–Trinajstić information content (AvgIpc) is 1.65. The number of nitrogens with two attached hydrogens (primary N) is 1. The van der Waals surface area contributed by atoms with Gasteiger partial charge in [-0.15, -0.1) is 11.6 Å². The molecule has 4 heteroatoms. The van der Waals surface area contributed by atoms with Gasteiger partial charge in [0.25, 0.3) is 0 Å². The van der Waals surface area contributed by atoms with Crippen LogP contribution in [0.4, 0.5) is 0 Å². The first-order valence-corrected chi connectivity index (χ1v) is 2.30. The van der Waals surface area contributed by atoms with Gasteiger partial charge in [-0.3, -0.25) is 0 Å². The summed E-state index contributed by atoms with van der Waals surface area (Å²) in [5.74, 6) is 0. The van der Waals surface area contributed by atoms with E-state index >= 15 is 0 Å². The normalized spacial score (nSPS) is 18.9. The van der Waals surface area contributed by atoms with Gasteiger partial charge >= 0.3 is 0 Å².